The molecule has 0 saturated carbocycles. The molecule has 1 aliphatic heterocycles. The second-order valence-electron chi connectivity index (χ2n) is 6.91. The molecule has 1 fully saturated rings. The van der Waals surface area contributed by atoms with Crippen molar-refractivity contribution in [1.82, 2.24) is 5.32 Å². The van der Waals surface area contributed by atoms with E-state index in [0.717, 1.165) is 31.7 Å². The Morgan fingerprint density at radius 3 is 2.27 bits per heavy atom. The minimum atomic E-state index is 0.000541. The Hall–Kier alpha value is -2.33. The van der Waals surface area contributed by atoms with Crippen LogP contribution in [-0.2, 0) is 11.2 Å². The van der Waals surface area contributed by atoms with Gasteiger partial charge in [0.05, 0.1) is 6.54 Å². The number of carbonyl (C=O) groups is 1. The van der Waals surface area contributed by atoms with Gasteiger partial charge in [-0.1, -0.05) is 43.2 Å². The molecule has 1 amide bonds. The van der Waals surface area contributed by atoms with Crippen LogP contribution < -0.4 is 15.5 Å². The van der Waals surface area contributed by atoms with Crippen molar-refractivity contribution in [2.75, 3.05) is 36.4 Å². The molecule has 0 unspecified atom stereocenters. The second-order valence-corrected chi connectivity index (χ2v) is 6.91. The van der Waals surface area contributed by atoms with Gasteiger partial charge in [0.2, 0.25) is 5.91 Å². The van der Waals surface area contributed by atoms with Gasteiger partial charge >= 0.3 is 0 Å². The van der Waals surface area contributed by atoms with Gasteiger partial charge in [-0.2, -0.15) is 0 Å². The van der Waals surface area contributed by atoms with E-state index < -0.39 is 0 Å². The van der Waals surface area contributed by atoms with E-state index in [2.05, 4.69) is 39.8 Å². The molecular formula is C22H29N3O. The molecule has 1 aliphatic rings. The molecule has 4 nitrogen and oxygen atoms in total. The lowest BCUT2D eigenvalue weighted by atomic mass is 10.1. The minimum Gasteiger partial charge on any atom is -0.372 e. The highest BCUT2D eigenvalue weighted by atomic mass is 16.1. The van der Waals surface area contributed by atoms with Crippen LogP contribution in [0, 0.1) is 0 Å². The number of hydrogen-bond acceptors (Lipinski definition) is 3. The summed E-state index contributed by atoms with van der Waals surface area (Å²) in [5.74, 6) is 0.000541. The third-order valence-electron chi connectivity index (χ3n) is 4.84. The molecule has 0 aromatic heterocycles. The summed E-state index contributed by atoms with van der Waals surface area (Å²) in [7, 11) is 0. The highest BCUT2D eigenvalue weighted by Gasteiger charge is 2.10. The zero-order valence-corrected chi connectivity index (χ0v) is 15.4. The first-order valence-corrected chi connectivity index (χ1v) is 9.71. The second kappa shape index (κ2) is 9.97. The Morgan fingerprint density at radius 2 is 1.58 bits per heavy atom. The third-order valence-corrected chi connectivity index (χ3v) is 4.84. The number of anilines is 2. The fourth-order valence-corrected chi connectivity index (χ4v) is 3.37. The molecule has 0 radical (unpaired) electrons. The van der Waals surface area contributed by atoms with Crippen LogP contribution in [0.3, 0.4) is 0 Å². The van der Waals surface area contributed by atoms with Crippen LogP contribution in [0.5, 0.6) is 0 Å². The van der Waals surface area contributed by atoms with Crippen molar-refractivity contribution in [1.29, 1.82) is 0 Å². The first kappa shape index (κ1) is 18.5. The Kier molecular flexibility index (Phi) is 7.08. The van der Waals surface area contributed by atoms with Crippen molar-refractivity contribution < 1.29 is 4.79 Å². The van der Waals surface area contributed by atoms with Crippen molar-refractivity contribution in [3.05, 3.63) is 60.2 Å². The Bertz CT molecular complexity index is 662. The Balaban J connectivity index is 1.39. The van der Waals surface area contributed by atoms with Gasteiger partial charge in [0.1, 0.15) is 0 Å². The summed E-state index contributed by atoms with van der Waals surface area (Å²) in [6.07, 6.45) is 6.14. The minimum absolute atomic E-state index is 0.000541. The highest BCUT2D eigenvalue weighted by molar-refractivity contribution is 5.92. The highest BCUT2D eigenvalue weighted by Crippen LogP contribution is 2.21. The van der Waals surface area contributed by atoms with Crippen molar-refractivity contribution in [2.45, 2.75) is 32.1 Å². The van der Waals surface area contributed by atoms with E-state index in [-0.39, 0.29) is 5.91 Å². The van der Waals surface area contributed by atoms with Crippen molar-refractivity contribution in [2.24, 2.45) is 0 Å². The summed E-state index contributed by atoms with van der Waals surface area (Å²) in [6, 6.07) is 18.5. The smallest absolute Gasteiger partial charge is 0.238 e. The molecule has 2 aromatic rings. The average Bonchev–Trinajstić information content (AvgIpc) is 2.96. The van der Waals surface area contributed by atoms with Gasteiger partial charge in [-0.25, -0.2) is 0 Å². The molecular weight excluding hydrogens is 322 g/mol. The van der Waals surface area contributed by atoms with Crippen LogP contribution in [0.25, 0.3) is 0 Å². The van der Waals surface area contributed by atoms with Gasteiger partial charge in [0.25, 0.3) is 0 Å². The molecule has 4 heteroatoms. The van der Waals surface area contributed by atoms with Crippen LogP contribution in [0.4, 0.5) is 11.4 Å². The summed E-state index contributed by atoms with van der Waals surface area (Å²) in [5, 5.41) is 6.17. The van der Waals surface area contributed by atoms with Crippen LogP contribution >= 0.6 is 0 Å². The summed E-state index contributed by atoms with van der Waals surface area (Å²) in [6.45, 7) is 3.40. The maximum atomic E-state index is 12.1. The number of benzene rings is 2. The summed E-state index contributed by atoms with van der Waals surface area (Å²) < 4.78 is 0. The van der Waals surface area contributed by atoms with E-state index in [1.54, 1.807) is 0 Å². The number of carbonyl (C=O) groups excluding carboxylic acids is 1. The van der Waals surface area contributed by atoms with Gasteiger partial charge in [0.15, 0.2) is 0 Å². The molecule has 2 aromatic carbocycles. The molecule has 1 heterocycles. The van der Waals surface area contributed by atoms with Crippen LogP contribution in [0.1, 0.15) is 31.2 Å². The lowest BCUT2D eigenvalue weighted by Crippen LogP contribution is -2.29. The Labute approximate surface area is 156 Å². The lowest BCUT2D eigenvalue weighted by molar-refractivity contribution is -0.115. The molecule has 0 bridgehead atoms. The number of amides is 1. The number of rotatable bonds is 7. The summed E-state index contributed by atoms with van der Waals surface area (Å²) >= 11 is 0. The topological polar surface area (TPSA) is 44.4 Å². The normalized spacial score (nSPS) is 14.7. The Morgan fingerprint density at radius 1 is 0.885 bits per heavy atom. The largest absolute Gasteiger partial charge is 0.372 e. The number of nitrogens with one attached hydrogen (secondary N) is 2. The SMILES string of the molecule is O=C(CNCCc1ccccc1)Nc1ccc(N2CCCCCC2)cc1. The molecule has 138 valence electrons. The molecule has 0 atom stereocenters. The van der Waals surface area contributed by atoms with Gasteiger partial charge in [-0.15, -0.1) is 0 Å². The molecule has 2 N–H and O–H groups in total. The van der Waals surface area contributed by atoms with E-state index in [1.807, 2.05) is 30.3 Å². The van der Waals surface area contributed by atoms with E-state index in [9.17, 15) is 4.79 Å². The zero-order chi connectivity index (χ0) is 18.0. The fourth-order valence-electron chi connectivity index (χ4n) is 3.37. The first-order valence-electron chi connectivity index (χ1n) is 9.71. The maximum Gasteiger partial charge on any atom is 0.238 e. The maximum absolute atomic E-state index is 12.1. The van der Waals surface area contributed by atoms with E-state index >= 15 is 0 Å². The van der Waals surface area contributed by atoms with Gasteiger partial charge < -0.3 is 15.5 Å². The van der Waals surface area contributed by atoms with Crippen LogP contribution in [0.15, 0.2) is 54.6 Å². The van der Waals surface area contributed by atoms with Gasteiger partial charge in [0, 0.05) is 24.5 Å². The number of nitrogens with zero attached hydrogens (tertiary/aromatic N) is 1. The van der Waals surface area contributed by atoms with Crippen molar-refractivity contribution in [3.8, 4) is 0 Å². The van der Waals surface area contributed by atoms with Crippen LogP contribution in [0.2, 0.25) is 0 Å². The average molecular weight is 351 g/mol. The van der Waals surface area contributed by atoms with Gasteiger partial charge in [-0.05, 0) is 55.6 Å². The summed E-state index contributed by atoms with van der Waals surface area (Å²) in [5.41, 5.74) is 3.40. The monoisotopic (exact) mass is 351 g/mol. The first-order chi connectivity index (χ1) is 12.8. The third kappa shape index (κ3) is 5.88. The van der Waals surface area contributed by atoms with E-state index in [0.29, 0.717) is 6.54 Å². The standard InChI is InChI=1S/C22H29N3O/c26-22(18-23-15-14-19-8-4-3-5-9-19)24-20-10-12-21(13-11-20)25-16-6-1-2-7-17-25/h3-5,8-13,23H,1-2,6-7,14-18H2,(H,24,26). The molecule has 26 heavy (non-hydrogen) atoms. The number of hydrogen-bond donors (Lipinski definition) is 2. The molecule has 1 saturated heterocycles. The molecule has 0 aliphatic carbocycles. The summed E-state index contributed by atoms with van der Waals surface area (Å²) in [4.78, 5) is 14.5. The van der Waals surface area contributed by atoms with Crippen molar-refractivity contribution in [3.63, 3.8) is 0 Å². The molecule has 3 rings (SSSR count). The quantitative estimate of drug-likeness (QED) is 0.745. The predicted octanol–water partition coefficient (Wildman–Crippen LogP) is 3.84. The van der Waals surface area contributed by atoms with Gasteiger partial charge in [-0.3, -0.25) is 4.79 Å². The van der Waals surface area contributed by atoms with E-state index in [4.69, 9.17) is 0 Å². The van der Waals surface area contributed by atoms with Crippen molar-refractivity contribution >= 4 is 17.3 Å². The molecule has 0 spiro atoms. The van der Waals surface area contributed by atoms with Crippen LogP contribution in [-0.4, -0.2) is 32.1 Å². The predicted molar refractivity (Wildman–Crippen MR) is 109 cm³/mol. The lowest BCUT2D eigenvalue weighted by Gasteiger charge is -2.22. The zero-order valence-electron chi connectivity index (χ0n) is 15.4. The van der Waals surface area contributed by atoms with E-state index in [1.165, 1.54) is 36.9 Å². The fraction of sp³-hybridized carbons (Fsp3) is 0.409.